The van der Waals surface area contributed by atoms with Crippen LogP contribution < -0.4 is 10.1 Å². The Hall–Kier alpha value is -1.11. The van der Waals surface area contributed by atoms with Crippen LogP contribution in [-0.4, -0.2) is 58.1 Å². The molecule has 0 spiro atoms. The van der Waals surface area contributed by atoms with Crippen molar-refractivity contribution in [1.82, 2.24) is 10.2 Å². The number of nitrogens with zero attached hydrogens (tertiary/aromatic N) is 1. The molecule has 1 saturated heterocycles. The van der Waals surface area contributed by atoms with Crippen LogP contribution in [0.3, 0.4) is 0 Å². The summed E-state index contributed by atoms with van der Waals surface area (Å²) in [6.07, 6.45) is 0.853. The zero-order chi connectivity index (χ0) is 15.3. The molecular weight excluding hydrogens is 288 g/mol. The maximum atomic E-state index is 11.6. The highest BCUT2D eigenvalue weighted by molar-refractivity contribution is 7.91. The van der Waals surface area contributed by atoms with Gasteiger partial charge in [-0.25, -0.2) is 8.42 Å². The molecule has 1 fully saturated rings. The van der Waals surface area contributed by atoms with E-state index >= 15 is 0 Å². The third kappa shape index (κ3) is 5.30. The van der Waals surface area contributed by atoms with Crippen LogP contribution >= 0.6 is 0 Å². The largest absolute Gasteiger partial charge is 0.497 e. The third-order valence-electron chi connectivity index (χ3n) is 3.77. The van der Waals surface area contributed by atoms with Crippen LogP contribution in [0.1, 0.15) is 12.0 Å². The second kappa shape index (κ2) is 7.24. The van der Waals surface area contributed by atoms with Crippen LogP contribution in [0.2, 0.25) is 0 Å². The number of benzene rings is 1. The lowest BCUT2D eigenvalue weighted by Crippen LogP contribution is -2.46. The molecule has 1 aliphatic heterocycles. The third-order valence-corrected chi connectivity index (χ3v) is 5.51. The van der Waals surface area contributed by atoms with E-state index in [0.29, 0.717) is 6.54 Å². The summed E-state index contributed by atoms with van der Waals surface area (Å²) in [5, 5.41) is 3.29. The van der Waals surface area contributed by atoms with Gasteiger partial charge in [0.05, 0.1) is 18.6 Å². The molecule has 0 aromatic heterocycles. The van der Waals surface area contributed by atoms with Gasteiger partial charge in [-0.15, -0.1) is 0 Å². The molecule has 1 atom stereocenters. The van der Waals surface area contributed by atoms with Crippen molar-refractivity contribution in [3.63, 3.8) is 0 Å². The highest BCUT2D eigenvalue weighted by Gasteiger charge is 2.23. The smallest absolute Gasteiger partial charge is 0.153 e. The van der Waals surface area contributed by atoms with Crippen LogP contribution in [0, 0.1) is 0 Å². The number of nitrogens with one attached hydrogen (secondary N) is 1. The predicted molar refractivity (Wildman–Crippen MR) is 84.4 cm³/mol. The summed E-state index contributed by atoms with van der Waals surface area (Å²) in [5.41, 5.74) is 1.22. The van der Waals surface area contributed by atoms with Gasteiger partial charge in [0.25, 0.3) is 0 Å². The fourth-order valence-electron chi connectivity index (χ4n) is 2.55. The lowest BCUT2D eigenvalue weighted by atomic mass is 10.2. The molecule has 0 radical (unpaired) electrons. The lowest BCUT2D eigenvalue weighted by molar-refractivity contribution is 0.303. The normalized spacial score (nSPS) is 21.4. The summed E-state index contributed by atoms with van der Waals surface area (Å²) in [4.78, 5) is 2.21. The molecule has 21 heavy (non-hydrogen) atoms. The van der Waals surface area contributed by atoms with Gasteiger partial charge in [0, 0.05) is 19.1 Å². The van der Waals surface area contributed by atoms with Crippen LogP contribution in [0.25, 0.3) is 0 Å². The number of ether oxygens (including phenoxy) is 1. The molecule has 6 heteroatoms. The van der Waals surface area contributed by atoms with E-state index in [9.17, 15) is 8.42 Å². The van der Waals surface area contributed by atoms with E-state index in [1.807, 2.05) is 12.1 Å². The Morgan fingerprint density at radius 1 is 1.33 bits per heavy atom. The quantitative estimate of drug-likeness (QED) is 0.846. The number of methoxy groups -OCH3 is 1. The maximum Gasteiger partial charge on any atom is 0.153 e. The van der Waals surface area contributed by atoms with E-state index in [2.05, 4.69) is 29.4 Å². The molecule has 1 unspecified atom stereocenters. The van der Waals surface area contributed by atoms with Gasteiger partial charge in [0.1, 0.15) is 5.75 Å². The van der Waals surface area contributed by atoms with Gasteiger partial charge >= 0.3 is 0 Å². The number of hydrogen-bond acceptors (Lipinski definition) is 5. The average Bonchev–Trinajstić information content (AvgIpc) is 2.45. The van der Waals surface area contributed by atoms with Crippen LogP contribution in [0.5, 0.6) is 5.75 Å². The molecule has 1 aromatic rings. The second-order valence-electron chi connectivity index (χ2n) is 5.64. The number of rotatable bonds is 6. The van der Waals surface area contributed by atoms with E-state index in [-0.39, 0.29) is 17.5 Å². The molecule has 0 aliphatic carbocycles. The molecule has 1 aromatic carbocycles. The summed E-state index contributed by atoms with van der Waals surface area (Å²) < 4.78 is 28.3. The van der Waals surface area contributed by atoms with Gasteiger partial charge in [-0.05, 0) is 37.7 Å². The summed E-state index contributed by atoms with van der Waals surface area (Å²) in [6.45, 7) is 2.30. The zero-order valence-electron chi connectivity index (χ0n) is 12.7. The SMILES string of the molecule is COc1ccc(CN(C)CCC2CS(=O)(=O)CCN2)cc1. The van der Waals surface area contributed by atoms with E-state index in [1.54, 1.807) is 7.11 Å². The topological polar surface area (TPSA) is 58.6 Å². The first kappa shape index (κ1) is 16.3. The average molecular weight is 312 g/mol. The van der Waals surface area contributed by atoms with E-state index < -0.39 is 9.84 Å². The monoisotopic (exact) mass is 312 g/mol. The lowest BCUT2D eigenvalue weighted by Gasteiger charge is -2.26. The molecule has 1 N–H and O–H groups in total. The van der Waals surface area contributed by atoms with Crippen LogP contribution in [-0.2, 0) is 16.4 Å². The Morgan fingerprint density at radius 2 is 2.05 bits per heavy atom. The van der Waals surface area contributed by atoms with Crippen molar-refractivity contribution in [3.8, 4) is 5.75 Å². The first-order valence-corrected chi connectivity index (χ1v) is 9.06. The molecule has 118 valence electrons. The van der Waals surface area contributed by atoms with Gasteiger partial charge in [0.15, 0.2) is 9.84 Å². The standard InChI is InChI=1S/C15H24N2O3S/c1-17(11-13-3-5-15(20-2)6-4-13)9-7-14-12-21(18,19)10-8-16-14/h3-6,14,16H,7-12H2,1-2H3. The molecule has 0 saturated carbocycles. The molecule has 2 rings (SSSR count). The predicted octanol–water partition coefficient (Wildman–Crippen LogP) is 0.904. The van der Waals surface area contributed by atoms with E-state index in [4.69, 9.17) is 4.74 Å². The first-order chi connectivity index (χ1) is 9.98. The first-order valence-electron chi connectivity index (χ1n) is 7.24. The van der Waals surface area contributed by atoms with Crippen molar-refractivity contribution >= 4 is 9.84 Å². The fraction of sp³-hybridized carbons (Fsp3) is 0.600. The zero-order valence-corrected chi connectivity index (χ0v) is 13.5. The van der Waals surface area contributed by atoms with Crippen molar-refractivity contribution < 1.29 is 13.2 Å². The van der Waals surface area contributed by atoms with Crippen molar-refractivity contribution in [2.24, 2.45) is 0 Å². The maximum absolute atomic E-state index is 11.6. The van der Waals surface area contributed by atoms with Gasteiger partial charge in [-0.3, -0.25) is 0 Å². The van der Waals surface area contributed by atoms with Gasteiger partial charge in [-0.1, -0.05) is 12.1 Å². The highest BCUT2D eigenvalue weighted by Crippen LogP contribution is 2.13. The minimum Gasteiger partial charge on any atom is -0.497 e. The van der Waals surface area contributed by atoms with Crippen LogP contribution in [0.15, 0.2) is 24.3 Å². The molecular formula is C15H24N2O3S. The molecule has 1 aliphatic rings. The second-order valence-corrected chi connectivity index (χ2v) is 7.87. The van der Waals surface area contributed by atoms with Crippen molar-refractivity contribution in [2.75, 3.05) is 38.8 Å². The van der Waals surface area contributed by atoms with Crippen molar-refractivity contribution in [1.29, 1.82) is 0 Å². The molecule has 0 amide bonds. The summed E-state index contributed by atoms with van der Waals surface area (Å²) >= 11 is 0. The van der Waals surface area contributed by atoms with Crippen molar-refractivity contribution in [2.45, 2.75) is 19.0 Å². The Labute approximate surface area is 127 Å². The van der Waals surface area contributed by atoms with Crippen molar-refractivity contribution in [3.05, 3.63) is 29.8 Å². The highest BCUT2D eigenvalue weighted by atomic mass is 32.2. The molecule has 5 nitrogen and oxygen atoms in total. The Balaban J connectivity index is 1.77. The molecule has 0 bridgehead atoms. The number of sulfone groups is 1. The van der Waals surface area contributed by atoms with Gasteiger partial charge < -0.3 is 15.0 Å². The Bertz CT molecular complexity index is 543. The Morgan fingerprint density at radius 3 is 2.67 bits per heavy atom. The van der Waals surface area contributed by atoms with Crippen LogP contribution in [0.4, 0.5) is 0 Å². The Kier molecular flexibility index (Phi) is 5.61. The number of hydrogen-bond donors (Lipinski definition) is 1. The summed E-state index contributed by atoms with van der Waals surface area (Å²) in [6, 6.07) is 8.11. The summed E-state index contributed by atoms with van der Waals surface area (Å²) in [7, 11) is 0.875. The minimum atomic E-state index is -2.84. The fourth-order valence-corrected chi connectivity index (χ4v) is 4.04. The van der Waals surface area contributed by atoms with Gasteiger partial charge in [0.2, 0.25) is 0 Å². The molecule has 1 heterocycles. The minimum absolute atomic E-state index is 0.0852. The van der Waals surface area contributed by atoms with E-state index in [0.717, 1.165) is 25.3 Å². The van der Waals surface area contributed by atoms with Gasteiger partial charge in [-0.2, -0.15) is 0 Å². The summed E-state index contributed by atoms with van der Waals surface area (Å²) in [5.74, 6) is 1.40. The van der Waals surface area contributed by atoms with E-state index in [1.165, 1.54) is 5.56 Å².